The third-order valence-corrected chi connectivity index (χ3v) is 12.7. The smallest absolute Gasteiger partial charge is 0.338 e. The van der Waals surface area contributed by atoms with Gasteiger partial charge in [0.05, 0.1) is 45.7 Å². The average molecular weight is 1070 g/mol. The molecule has 1 amide bonds. The van der Waals surface area contributed by atoms with Gasteiger partial charge in [-0.15, -0.1) is 11.8 Å². The zero-order valence-corrected chi connectivity index (χ0v) is 44.7. The third-order valence-electron chi connectivity index (χ3n) is 11.3. The van der Waals surface area contributed by atoms with Crippen LogP contribution in [-0.4, -0.2) is 88.1 Å². The molecule has 0 radical (unpaired) electrons. The molecule has 2 aromatic carbocycles. The van der Waals surface area contributed by atoms with Crippen LogP contribution in [0.5, 0.6) is 0 Å². The Balaban J connectivity index is 0.00000202. The summed E-state index contributed by atoms with van der Waals surface area (Å²) in [7, 11) is 0. The molecule has 3 rings (SSSR count). The van der Waals surface area contributed by atoms with E-state index in [1.165, 1.54) is 119 Å². The Hall–Kier alpha value is -3.76. The van der Waals surface area contributed by atoms with Crippen LogP contribution in [0.2, 0.25) is 0 Å². The van der Waals surface area contributed by atoms with Crippen LogP contribution in [0.1, 0.15) is 174 Å². The molecule has 1 unspecified atom stereocenters. The molecule has 14 heteroatoms. The number of carboxylic acid groups (broad SMARTS) is 1. The van der Waals surface area contributed by atoms with Crippen molar-refractivity contribution >= 4 is 81.6 Å². The number of anilines is 1. The number of hydrogen-bond donors (Lipinski definition) is 2. The van der Waals surface area contributed by atoms with Gasteiger partial charge >= 0.3 is 23.9 Å². The molecular weight excluding hydrogens is 984 g/mol. The highest BCUT2D eigenvalue weighted by molar-refractivity contribution is 14.1. The minimum absolute atomic E-state index is 0.142. The number of unbranched alkanes of at least 4 members (excludes halogenated alkanes) is 15. The number of hydrogen-bond acceptors (Lipinski definition) is 11. The number of ether oxygens (including phenoxy) is 3. The number of aliphatic carboxylic acids is 1. The van der Waals surface area contributed by atoms with Crippen LogP contribution in [0.4, 0.5) is 5.69 Å². The van der Waals surface area contributed by atoms with Gasteiger partial charge in [0.2, 0.25) is 0 Å². The Labute approximate surface area is 420 Å². The van der Waals surface area contributed by atoms with Crippen molar-refractivity contribution in [2.75, 3.05) is 41.3 Å². The lowest BCUT2D eigenvalue weighted by molar-refractivity contribution is -0.156. The van der Waals surface area contributed by atoms with E-state index in [0.717, 1.165) is 18.4 Å². The second-order valence-corrected chi connectivity index (χ2v) is 19.1. The fraction of sp³-hybridized carbons (Fsp3) is 0.623. The van der Waals surface area contributed by atoms with Crippen molar-refractivity contribution < 1.29 is 48.4 Å². The maximum Gasteiger partial charge on any atom is 0.338 e. The van der Waals surface area contributed by atoms with Gasteiger partial charge in [0, 0.05) is 5.75 Å². The third kappa shape index (κ3) is 26.0. The van der Waals surface area contributed by atoms with Crippen molar-refractivity contribution in [3.63, 3.8) is 0 Å². The van der Waals surface area contributed by atoms with Gasteiger partial charge in [-0.2, -0.15) is 10.1 Å². The molecule has 1 aliphatic rings. The molecule has 0 saturated heterocycles. The minimum atomic E-state index is -1.23. The predicted octanol–water partition coefficient (Wildman–Crippen LogP) is 12.7. The highest BCUT2D eigenvalue weighted by atomic mass is 127. The van der Waals surface area contributed by atoms with E-state index in [9.17, 15) is 29.1 Å². The first-order chi connectivity index (χ1) is 32.0. The first-order valence-electron chi connectivity index (χ1n) is 24.2. The Morgan fingerprint density at radius 2 is 1.24 bits per heavy atom. The van der Waals surface area contributed by atoms with Crippen molar-refractivity contribution in [3.8, 4) is 0 Å². The second kappa shape index (κ2) is 35.4. The predicted molar refractivity (Wildman–Crippen MR) is 282 cm³/mol. The number of carboxylic acids is 1. The molecule has 0 fully saturated rings. The number of amides is 1. The summed E-state index contributed by atoms with van der Waals surface area (Å²) >= 11 is 3.45. The number of alkyl halides is 1. The van der Waals surface area contributed by atoms with Crippen LogP contribution in [0.15, 0.2) is 65.3 Å². The number of halogens is 1. The van der Waals surface area contributed by atoms with E-state index in [4.69, 9.17) is 19.3 Å². The average Bonchev–Trinajstić information content (AvgIpc) is 3.60. The lowest BCUT2D eigenvalue weighted by atomic mass is 9.91. The number of aliphatic hydroxyl groups excluding tert-OH is 1. The van der Waals surface area contributed by atoms with Crippen molar-refractivity contribution in [3.05, 3.63) is 71.3 Å². The second-order valence-electron chi connectivity index (χ2n) is 18.1. The van der Waals surface area contributed by atoms with E-state index < -0.39 is 34.8 Å². The van der Waals surface area contributed by atoms with E-state index in [1.807, 2.05) is 42.2 Å². The summed E-state index contributed by atoms with van der Waals surface area (Å²) in [6, 6.07) is 15.7. The van der Waals surface area contributed by atoms with Gasteiger partial charge in [0.25, 0.3) is 5.91 Å². The molecule has 0 aromatic heterocycles. The quantitative estimate of drug-likeness (QED) is 0.0184. The van der Waals surface area contributed by atoms with Gasteiger partial charge in [0.15, 0.2) is 0 Å². The zero-order chi connectivity index (χ0) is 50.1. The Morgan fingerprint density at radius 1 is 0.731 bits per heavy atom. The number of carbonyl (C=O) groups is 5. The van der Waals surface area contributed by atoms with Crippen molar-refractivity contribution in [1.29, 1.82) is 0 Å². The van der Waals surface area contributed by atoms with Gasteiger partial charge in [-0.3, -0.25) is 19.2 Å². The Kier molecular flexibility index (Phi) is 32.3. The topological polar surface area (TPSA) is 169 Å². The molecule has 2 N–H and O–H groups in total. The number of nitrogens with zero attached hydrogens (tertiary/aromatic N) is 2. The van der Waals surface area contributed by atoms with Gasteiger partial charge < -0.3 is 24.4 Å². The summed E-state index contributed by atoms with van der Waals surface area (Å²) in [6.45, 7) is 12.4. The first kappa shape index (κ1) is 61.3. The van der Waals surface area contributed by atoms with Crippen LogP contribution in [0, 0.1) is 10.8 Å². The molecule has 1 aliphatic heterocycles. The molecule has 2 aromatic rings. The maximum atomic E-state index is 13.1. The molecule has 0 aliphatic carbocycles. The number of carbonyl (C=O) groups excluding carboxylic acids is 4. The van der Waals surface area contributed by atoms with Crippen LogP contribution in [-0.2, 0) is 33.4 Å². The SMILES string of the molecule is CCC(C)(C)C(=O)O.CCCCCCCCCCCCCCCCCCOC(=O)CSCC(C)(C)C(=O)OCC(O)COC(=O)c1ccc(N2N=C(C)/C(=C/c3ccccc3)C2=O)cc1.CI. The van der Waals surface area contributed by atoms with Crippen LogP contribution in [0.3, 0.4) is 0 Å². The molecule has 1 heterocycles. The Morgan fingerprint density at radius 3 is 1.73 bits per heavy atom. The van der Waals surface area contributed by atoms with Crippen LogP contribution in [0.25, 0.3) is 6.08 Å². The minimum Gasteiger partial charge on any atom is -0.481 e. The van der Waals surface area contributed by atoms with Crippen LogP contribution < -0.4 is 5.01 Å². The highest BCUT2D eigenvalue weighted by Gasteiger charge is 2.31. The van der Waals surface area contributed by atoms with Crippen molar-refractivity contribution in [2.45, 2.75) is 164 Å². The van der Waals surface area contributed by atoms with E-state index >= 15 is 0 Å². The zero-order valence-electron chi connectivity index (χ0n) is 41.7. The number of benzene rings is 2. The number of rotatable bonds is 31. The van der Waals surface area contributed by atoms with E-state index in [1.54, 1.807) is 52.8 Å². The molecule has 0 spiro atoms. The fourth-order valence-electron chi connectivity index (χ4n) is 6.46. The largest absolute Gasteiger partial charge is 0.481 e. The molecule has 12 nitrogen and oxygen atoms in total. The van der Waals surface area contributed by atoms with Gasteiger partial charge in [0.1, 0.15) is 19.3 Å². The molecule has 67 heavy (non-hydrogen) atoms. The monoisotopic (exact) mass is 1060 g/mol. The Bertz CT molecular complexity index is 1800. The summed E-state index contributed by atoms with van der Waals surface area (Å²) in [5.74, 6) is -2.03. The molecular formula is C53H81IN2O10S. The van der Waals surface area contributed by atoms with Gasteiger partial charge in [-0.05, 0) is 88.3 Å². The summed E-state index contributed by atoms with van der Waals surface area (Å²) in [6.07, 6.45) is 21.9. The van der Waals surface area contributed by atoms with Crippen molar-refractivity contribution in [1.82, 2.24) is 0 Å². The molecule has 0 bridgehead atoms. The highest BCUT2D eigenvalue weighted by Crippen LogP contribution is 2.27. The lowest BCUT2D eigenvalue weighted by Crippen LogP contribution is -2.33. The standard InChI is InChI=1S/C46H66N2O8S.C6H12O2.CH3I/c1-5-6-7-8-9-10-11-12-13-14-15-16-17-18-19-23-30-54-42(50)34-57-35-46(3,4)45(53)56-33-40(49)32-55-44(52)38-26-28-39(29-27-38)48-43(51)41(36(2)47-48)31-37-24-21-20-22-25-37;1-4-6(2,3)5(7)8;1-2/h20-22,24-29,31,40,49H,5-19,23,30,32-35H2,1-4H3;4H2,1-3H3,(H,7,8);1H3/b41-31-;;. The summed E-state index contributed by atoms with van der Waals surface area (Å²) in [5.41, 5.74) is 1.21. The lowest BCUT2D eigenvalue weighted by Gasteiger charge is -2.23. The van der Waals surface area contributed by atoms with Gasteiger partial charge in [-0.1, -0.05) is 163 Å². The summed E-state index contributed by atoms with van der Waals surface area (Å²) in [5, 5.41) is 24.4. The molecule has 1 atom stereocenters. The normalized spacial score (nSPS) is 13.5. The van der Waals surface area contributed by atoms with Gasteiger partial charge in [-0.25, -0.2) is 4.79 Å². The number of esters is 3. The molecule has 376 valence electrons. The van der Waals surface area contributed by atoms with Crippen LogP contribution >= 0.6 is 34.4 Å². The number of thioether (sulfide) groups is 1. The maximum absolute atomic E-state index is 13.1. The van der Waals surface area contributed by atoms with E-state index in [0.29, 0.717) is 35.8 Å². The number of aliphatic hydroxyl groups is 1. The molecule has 0 saturated carbocycles. The first-order valence-corrected chi connectivity index (χ1v) is 27.5. The fourth-order valence-corrected chi connectivity index (χ4v) is 7.44. The summed E-state index contributed by atoms with van der Waals surface area (Å²) < 4.78 is 15.9. The van der Waals surface area contributed by atoms with E-state index in [2.05, 4.69) is 34.6 Å². The van der Waals surface area contributed by atoms with E-state index in [-0.39, 0.29) is 36.4 Å². The summed E-state index contributed by atoms with van der Waals surface area (Å²) in [4.78, 5) is 62.9. The number of hydrazone groups is 1. The van der Waals surface area contributed by atoms with Crippen molar-refractivity contribution in [2.24, 2.45) is 15.9 Å².